The summed E-state index contributed by atoms with van der Waals surface area (Å²) in [5.41, 5.74) is 0.407. The van der Waals surface area contributed by atoms with Crippen molar-refractivity contribution in [2.24, 2.45) is 5.41 Å². The highest BCUT2D eigenvalue weighted by Gasteiger charge is 2.37. The molecule has 1 aliphatic rings. The zero-order valence-electron chi connectivity index (χ0n) is 12.5. The number of hydrogen-bond acceptors (Lipinski definition) is 4. The van der Waals surface area contributed by atoms with E-state index in [2.05, 4.69) is 21.2 Å². The van der Waals surface area contributed by atoms with Gasteiger partial charge in [-0.3, -0.25) is 9.59 Å². The molecular formula is C17H18BrNO3. The van der Waals surface area contributed by atoms with E-state index < -0.39 is 0 Å². The average molecular weight is 364 g/mol. The van der Waals surface area contributed by atoms with E-state index in [1.807, 2.05) is 38.1 Å². The number of anilines is 1. The molecule has 2 N–H and O–H groups in total. The van der Waals surface area contributed by atoms with E-state index in [0.717, 1.165) is 10.2 Å². The van der Waals surface area contributed by atoms with Crippen molar-refractivity contribution in [1.82, 2.24) is 0 Å². The summed E-state index contributed by atoms with van der Waals surface area (Å²) in [5.74, 6) is -0.880. The first-order valence-corrected chi connectivity index (χ1v) is 7.76. The van der Waals surface area contributed by atoms with E-state index in [4.69, 9.17) is 0 Å². The van der Waals surface area contributed by atoms with Gasteiger partial charge in [-0.25, -0.2) is 0 Å². The van der Waals surface area contributed by atoms with E-state index in [1.165, 1.54) is 12.3 Å². The van der Waals surface area contributed by atoms with Crippen LogP contribution < -0.4 is 5.32 Å². The number of rotatable bonds is 3. The number of carbonyl (C=O) groups excluding carboxylic acids is 2. The van der Waals surface area contributed by atoms with Crippen LogP contribution in [-0.2, 0) is 9.59 Å². The van der Waals surface area contributed by atoms with Crippen LogP contribution in [0.1, 0.15) is 26.7 Å². The van der Waals surface area contributed by atoms with Crippen LogP contribution in [0.4, 0.5) is 5.69 Å². The van der Waals surface area contributed by atoms with Crippen molar-refractivity contribution in [3.63, 3.8) is 0 Å². The summed E-state index contributed by atoms with van der Waals surface area (Å²) in [6, 6.07) is 7.48. The molecule has 116 valence electrons. The molecule has 0 amide bonds. The van der Waals surface area contributed by atoms with Crippen LogP contribution in [0.25, 0.3) is 0 Å². The van der Waals surface area contributed by atoms with Crippen molar-refractivity contribution in [1.29, 1.82) is 0 Å². The Balaban J connectivity index is 2.11. The predicted molar refractivity (Wildman–Crippen MR) is 89.6 cm³/mol. The number of nitrogens with one attached hydrogen (secondary N) is 1. The standard InChI is InChI=1S/C17H18BrNO3/c1-17(2)9-14(21)16(15(22)10-17)13(20)7-8-19-12-5-3-11(18)4-6-12/h3-8,19-20H,9-10H2,1-2H3/b8-7-. The van der Waals surface area contributed by atoms with Crippen molar-refractivity contribution in [3.05, 3.63) is 52.3 Å². The number of ketones is 2. The lowest BCUT2D eigenvalue weighted by molar-refractivity contribution is -0.127. The van der Waals surface area contributed by atoms with Crippen LogP contribution in [0.2, 0.25) is 0 Å². The summed E-state index contributed by atoms with van der Waals surface area (Å²) in [6.45, 7) is 3.75. The summed E-state index contributed by atoms with van der Waals surface area (Å²) in [5, 5.41) is 13.0. The molecular weight excluding hydrogens is 346 g/mol. The Morgan fingerprint density at radius 2 is 1.73 bits per heavy atom. The van der Waals surface area contributed by atoms with E-state index in [-0.39, 0.29) is 41.2 Å². The zero-order chi connectivity index (χ0) is 16.3. The molecule has 1 fully saturated rings. The first-order chi connectivity index (χ1) is 10.3. The van der Waals surface area contributed by atoms with E-state index in [0.29, 0.717) is 0 Å². The predicted octanol–water partition coefficient (Wildman–Crippen LogP) is 4.15. The van der Waals surface area contributed by atoms with Gasteiger partial charge in [0.15, 0.2) is 11.6 Å². The molecule has 0 aliphatic heterocycles. The van der Waals surface area contributed by atoms with Crippen molar-refractivity contribution in [2.75, 3.05) is 5.32 Å². The summed E-state index contributed by atoms with van der Waals surface area (Å²) >= 11 is 3.34. The Bertz CT molecular complexity index is 635. The number of aliphatic hydroxyl groups is 1. The van der Waals surface area contributed by atoms with Crippen molar-refractivity contribution in [2.45, 2.75) is 26.7 Å². The molecule has 0 unspecified atom stereocenters. The van der Waals surface area contributed by atoms with E-state index in [9.17, 15) is 14.7 Å². The topological polar surface area (TPSA) is 66.4 Å². The molecule has 1 saturated carbocycles. The van der Waals surface area contributed by atoms with Gasteiger partial charge in [0.1, 0.15) is 11.3 Å². The molecule has 22 heavy (non-hydrogen) atoms. The number of carbonyl (C=O) groups is 2. The SMILES string of the molecule is CC1(C)CC(=O)C(=C(O)/C=C\Nc2ccc(Br)cc2)C(=O)C1. The molecule has 0 radical (unpaired) electrons. The van der Waals surface area contributed by atoms with Gasteiger partial charge in [0, 0.05) is 29.2 Å². The monoisotopic (exact) mass is 363 g/mol. The number of halogens is 1. The first-order valence-electron chi connectivity index (χ1n) is 6.97. The van der Waals surface area contributed by atoms with Crippen molar-refractivity contribution < 1.29 is 14.7 Å². The Morgan fingerprint density at radius 3 is 2.27 bits per heavy atom. The average Bonchev–Trinajstić information content (AvgIpc) is 2.38. The minimum atomic E-state index is -0.336. The molecule has 1 aliphatic carbocycles. The molecule has 2 rings (SSSR count). The number of aliphatic hydroxyl groups excluding tert-OH is 1. The van der Waals surface area contributed by atoms with Crippen LogP contribution in [-0.4, -0.2) is 16.7 Å². The van der Waals surface area contributed by atoms with Crippen LogP contribution >= 0.6 is 15.9 Å². The smallest absolute Gasteiger partial charge is 0.170 e. The molecule has 0 spiro atoms. The Hall–Kier alpha value is -1.88. The van der Waals surface area contributed by atoms with Crippen LogP contribution in [0.15, 0.2) is 52.3 Å². The van der Waals surface area contributed by atoms with Crippen LogP contribution in [0.3, 0.4) is 0 Å². The lowest BCUT2D eigenvalue weighted by Gasteiger charge is -2.28. The fourth-order valence-corrected chi connectivity index (χ4v) is 2.66. The fourth-order valence-electron chi connectivity index (χ4n) is 2.40. The quantitative estimate of drug-likeness (QED) is 0.481. The minimum Gasteiger partial charge on any atom is -0.507 e. The van der Waals surface area contributed by atoms with Gasteiger partial charge in [0.2, 0.25) is 0 Å². The molecule has 4 nitrogen and oxygen atoms in total. The highest BCUT2D eigenvalue weighted by Crippen LogP contribution is 2.34. The number of benzene rings is 1. The minimum absolute atomic E-state index is 0.0896. The second kappa shape index (κ2) is 6.48. The van der Waals surface area contributed by atoms with Crippen LogP contribution in [0.5, 0.6) is 0 Å². The second-order valence-electron chi connectivity index (χ2n) is 6.11. The summed E-state index contributed by atoms with van der Waals surface area (Å²) in [7, 11) is 0. The maximum Gasteiger partial charge on any atom is 0.170 e. The Kier molecular flexibility index (Phi) is 4.86. The van der Waals surface area contributed by atoms with Crippen molar-refractivity contribution >= 4 is 33.2 Å². The third-order valence-electron chi connectivity index (χ3n) is 3.43. The molecule has 0 saturated heterocycles. The van der Waals surface area contributed by atoms with Crippen LogP contribution in [0, 0.1) is 5.41 Å². The summed E-state index contributed by atoms with van der Waals surface area (Å²) < 4.78 is 0.966. The van der Waals surface area contributed by atoms with Gasteiger partial charge in [0.05, 0.1) is 0 Å². The molecule has 1 aromatic rings. The maximum atomic E-state index is 12.0. The van der Waals surface area contributed by atoms with Gasteiger partial charge in [-0.05, 0) is 35.8 Å². The number of hydrogen-bond donors (Lipinski definition) is 2. The third kappa shape index (κ3) is 4.07. The normalized spacial score (nSPS) is 17.9. The van der Waals surface area contributed by atoms with Gasteiger partial charge < -0.3 is 10.4 Å². The molecule has 0 atom stereocenters. The lowest BCUT2D eigenvalue weighted by Crippen LogP contribution is -2.32. The summed E-state index contributed by atoms with van der Waals surface area (Å²) in [4.78, 5) is 24.1. The number of allylic oxidation sites excluding steroid dienone is 2. The largest absolute Gasteiger partial charge is 0.507 e. The van der Waals surface area contributed by atoms with E-state index in [1.54, 1.807) is 0 Å². The highest BCUT2D eigenvalue weighted by molar-refractivity contribution is 9.10. The van der Waals surface area contributed by atoms with Gasteiger partial charge in [-0.15, -0.1) is 0 Å². The molecule has 1 aromatic carbocycles. The molecule has 0 bridgehead atoms. The zero-order valence-corrected chi connectivity index (χ0v) is 14.1. The third-order valence-corrected chi connectivity index (χ3v) is 3.96. The summed E-state index contributed by atoms with van der Waals surface area (Å²) in [6.07, 6.45) is 3.38. The van der Waals surface area contributed by atoms with Gasteiger partial charge in [-0.1, -0.05) is 29.8 Å². The maximum absolute atomic E-state index is 12.0. The molecule has 0 aromatic heterocycles. The fraction of sp³-hybridized carbons (Fsp3) is 0.294. The Morgan fingerprint density at radius 1 is 1.18 bits per heavy atom. The highest BCUT2D eigenvalue weighted by atomic mass is 79.9. The van der Waals surface area contributed by atoms with Gasteiger partial charge in [0.25, 0.3) is 0 Å². The van der Waals surface area contributed by atoms with Gasteiger partial charge >= 0.3 is 0 Å². The second-order valence-corrected chi connectivity index (χ2v) is 7.02. The van der Waals surface area contributed by atoms with E-state index >= 15 is 0 Å². The van der Waals surface area contributed by atoms with Gasteiger partial charge in [-0.2, -0.15) is 0 Å². The number of Topliss-reactive ketones (excluding diaryl/α,β-unsaturated/α-hetero) is 2. The lowest BCUT2D eigenvalue weighted by atomic mass is 9.74. The van der Waals surface area contributed by atoms with Crippen molar-refractivity contribution in [3.8, 4) is 0 Å². The first kappa shape index (κ1) is 16.5. The Labute approximate surface area is 138 Å². The molecule has 5 heteroatoms. The molecule has 0 heterocycles.